The molecule has 0 unspecified atom stereocenters. The van der Waals surface area contributed by atoms with E-state index in [9.17, 15) is 9.59 Å². The van der Waals surface area contributed by atoms with Crippen LogP contribution in [0, 0.1) is 0 Å². The minimum Gasteiger partial charge on any atom is -0.485 e. The third kappa shape index (κ3) is 5.60. The van der Waals surface area contributed by atoms with Crippen LogP contribution in [0.25, 0.3) is 0 Å². The molecule has 0 spiro atoms. The van der Waals surface area contributed by atoms with Gasteiger partial charge in [-0.25, -0.2) is 9.78 Å². The lowest BCUT2D eigenvalue weighted by Crippen LogP contribution is -2.33. The van der Waals surface area contributed by atoms with Crippen LogP contribution in [0.5, 0.6) is 5.75 Å². The number of benzene rings is 1. The monoisotopic (exact) mass is 500 g/mol. The van der Waals surface area contributed by atoms with Gasteiger partial charge in [0.25, 0.3) is 5.91 Å². The van der Waals surface area contributed by atoms with Crippen molar-refractivity contribution in [1.29, 1.82) is 0 Å². The minimum atomic E-state index is -0.784. The average molecular weight is 501 g/mol. The summed E-state index contributed by atoms with van der Waals surface area (Å²) in [6.45, 7) is 1.37. The van der Waals surface area contributed by atoms with Crippen LogP contribution in [0.3, 0.4) is 0 Å². The van der Waals surface area contributed by atoms with Crippen LogP contribution in [0.1, 0.15) is 34.2 Å². The quantitative estimate of drug-likeness (QED) is 0.349. The highest BCUT2D eigenvalue weighted by Gasteiger charge is 2.27. The lowest BCUT2D eigenvalue weighted by Gasteiger charge is -2.23. The predicted molar refractivity (Wildman–Crippen MR) is 133 cm³/mol. The SMILES string of the molecule is CN1CCN(c2cccc(O[C@@H](CCCOC(N)=O)c3cccs3)c2)C(=O)c2cnc(Cl)cc21. The van der Waals surface area contributed by atoms with E-state index < -0.39 is 6.09 Å². The molecule has 10 heteroatoms. The second kappa shape index (κ2) is 10.8. The first-order valence-corrected chi connectivity index (χ1v) is 12.1. The summed E-state index contributed by atoms with van der Waals surface area (Å²) in [5.41, 5.74) is 7.05. The summed E-state index contributed by atoms with van der Waals surface area (Å²) in [5.74, 6) is 0.505. The van der Waals surface area contributed by atoms with Crippen LogP contribution < -0.4 is 20.3 Å². The second-order valence-electron chi connectivity index (χ2n) is 7.83. The largest absolute Gasteiger partial charge is 0.485 e. The number of fused-ring (bicyclic) bond motifs is 1. The Balaban J connectivity index is 1.54. The molecule has 1 aromatic carbocycles. The highest BCUT2D eigenvalue weighted by molar-refractivity contribution is 7.10. The van der Waals surface area contributed by atoms with Crippen LogP contribution in [0.2, 0.25) is 5.15 Å². The van der Waals surface area contributed by atoms with Crippen molar-refractivity contribution in [3.05, 3.63) is 69.6 Å². The Morgan fingerprint density at radius 3 is 2.88 bits per heavy atom. The topological polar surface area (TPSA) is 98.0 Å². The average Bonchev–Trinajstić information content (AvgIpc) is 3.32. The van der Waals surface area contributed by atoms with E-state index in [4.69, 9.17) is 26.8 Å². The fourth-order valence-corrected chi connectivity index (χ4v) is 4.77. The Morgan fingerprint density at radius 2 is 2.12 bits per heavy atom. The Kier molecular flexibility index (Phi) is 7.54. The summed E-state index contributed by atoms with van der Waals surface area (Å²) >= 11 is 7.66. The molecule has 2 N–H and O–H groups in total. The number of nitrogens with zero attached hydrogens (tertiary/aromatic N) is 3. The summed E-state index contributed by atoms with van der Waals surface area (Å²) in [7, 11) is 1.93. The molecule has 178 valence electrons. The van der Waals surface area contributed by atoms with E-state index >= 15 is 0 Å². The van der Waals surface area contributed by atoms with Gasteiger partial charge in [0.1, 0.15) is 17.0 Å². The third-order valence-corrected chi connectivity index (χ3v) is 6.69. The predicted octanol–water partition coefficient (Wildman–Crippen LogP) is 4.89. The van der Waals surface area contributed by atoms with E-state index in [0.717, 1.165) is 16.3 Å². The van der Waals surface area contributed by atoms with Gasteiger partial charge < -0.3 is 25.0 Å². The number of hydrogen-bond donors (Lipinski definition) is 1. The molecule has 8 nitrogen and oxygen atoms in total. The first-order chi connectivity index (χ1) is 16.4. The van der Waals surface area contributed by atoms with Crippen LogP contribution in [0.4, 0.5) is 16.2 Å². The van der Waals surface area contributed by atoms with E-state index in [0.29, 0.717) is 42.4 Å². The summed E-state index contributed by atoms with van der Waals surface area (Å²) in [6, 6.07) is 13.2. The minimum absolute atomic E-state index is 0.140. The van der Waals surface area contributed by atoms with Gasteiger partial charge in [-0.15, -0.1) is 11.3 Å². The standard InChI is InChI=1S/C24H25ClN4O4S/c1-28-9-10-29(23(30)18-15-27-22(25)14-19(18)28)16-5-2-6-17(13-16)33-20(21-8-4-12-34-21)7-3-11-32-24(26)31/h2,4-6,8,12-15,20H,3,7,9-11H2,1H3,(H2,26,31)/t20-/m0/s1. The Morgan fingerprint density at radius 1 is 1.26 bits per heavy atom. The molecule has 0 radical (unpaired) electrons. The fourth-order valence-electron chi connectivity index (χ4n) is 3.83. The van der Waals surface area contributed by atoms with Crippen molar-refractivity contribution in [2.75, 3.05) is 36.5 Å². The number of hydrogen-bond acceptors (Lipinski definition) is 7. The van der Waals surface area contributed by atoms with Gasteiger partial charge in [-0.2, -0.15) is 0 Å². The number of aromatic nitrogens is 1. The molecule has 4 rings (SSSR count). The molecule has 3 aromatic rings. The molecular formula is C24H25ClN4O4S. The van der Waals surface area contributed by atoms with Gasteiger partial charge in [0, 0.05) is 43.0 Å². The van der Waals surface area contributed by atoms with Crippen molar-refractivity contribution in [3.8, 4) is 5.75 Å². The van der Waals surface area contributed by atoms with Crippen LogP contribution in [-0.2, 0) is 4.74 Å². The maximum atomic E-state index is 13.4. The van der Waals surface area contributed by atoms with Gasteiger partial charge in [0.15, 0.2) is 0 Å². The summed E-state index contributed by atoms with van der Waals surface area (Å²) in [5, 5.41) is 2.34. The number of likely N-dealkylation sites (N-methyl/N-ethyl adjacent to an activating group) is 1. The first-order valence-electron chi connectivity index (χ1n) is 10.8. The smallest absolute Gasteiger partial charge is 0.404 e. The summed E-state index contributed by atoms with van der Waals surface area (Å²) in [6.07, 6.45) is 1.77. The first kappa shape index (κ1) is 23.8. The molecule has 3 heterocycles. The molecular weight excluding hydrogens is 476 g/mol. The number of ether oxygens (including phenoxy) is 2. The van der Waals surface area contributed by atoms with Gasteiger partial charge in [-0.3, -0.25) is 4.79 Å². The second-order valence-corrected chi connectivity index (χ2v) is 9.20. The molecule has 1 aliphatic heterocycles. The van der Waals surface area contributed by atoms with Crippen molar-refractivity contribution in [2.45, 2.75) is 18.9 Å². The van der Waals surface area contributed by atoms with E-state index in [2.05, 4.69) is 4.98 Å². The Labute approximate surface area is 206 Å². The zero-order valence-corrected chi connectivity index (χ0v) is 20.2. The van der Waals surface area contributed by atoms with Gasteiger partial charge in [0.05, 0.1) is 17.9 Å². The number of anilines is 2. The van der Waals surface area contributed by atoms with Crippen LogP contribution in [-0.4, -0.2) is 43.7 Å². The number of carbonyl (C=O) groups is 2. The number of halogens is 1. The highest BCUT2D eigenvalue weighted by atomic mass is 35.5. The van der Waals surface area contributed by atoms with Gasteiger partial charge >= 0.3 is 6.09 Å². The number of amides is 2. The lowest BCUT2D eigenvalue weighted by molar-refractivity contribution is 0.0989. The van der Waals surface area contributed by atoms with Crippen molar-refractivity contribution < 1.29 is 19.1 Å². The summed E-state index contributed by atoms with van der Waals surface area (Å²) < 4.78 is 11.2. The molecule has 0 bridgehead atoms. The zero-order valence-electron chi connectivity index (χ0n) is 18.6. The molecule has 1 atom stereocenters. The molecule has 0 saturated heterocycles. The van der Waals surface area contributed by atoms with E-state index in [1.807, 2.05) is 53.7 Å². The molecule has 0 aliphatic carbocycles. The molecule has 1 aliphatic rings. The van der Waals surface area contributed by atoms with Gasteiger partial charge in [0.2, 0.25) is 0 Å². The number of thiophene rings is 1. The van der Waals surface area contributed by atoms with Crippen molar-refractivity contribution >= 4 is 46.3 Å². The molecule has 2 amide bonds. The Hall–Kier alpha value is -3.30. The summed E-state index contributed by atoms with van der Waals surface area (Å²) in [4.78, 5) is 33.1. The number of nitrogens with two attached hydrogens (primary N) is 1. The van der Waals surface area contributed by atoms with Gasteiger partial charge in [-0.1, -0.05) is 23.7 Å². The highest BCUT2D eigenvalue weighted by Crippen LogP contribution is 2.33. The maximum Gasteiger partial charge on any atom is 0.404 e. The molecule has 34 heavy (non-hydrogen) atoms. The molecule has 0 fully saturated rings. The van der Waals surface area contributed by atoms with Gasteiger partial charge in [-0.05, 0) is 42.5 Å². The number of primary amides is 1. The fraction of sp³-hybridized carbons (Fsp3) is 0.292. The number of carbonyl (C=O) groups excluding carboxylic acids is 2. The molecule has 2 aromatic heterocycles. The third-order valence-electron chi connectivity index (χ3n) is 5.52. The van der Waals surface area contributed by atoms with Crippen LogP contribution >= 0.6 is 22.9 Å². The van der Waals surface area contributed by atoms with E-state index in [-0.39, 0.29) is 18.6 Å². The Bertz CT molecular complexity index is 1160. The van der Waals surface area contributed by atoms with E-state index in [1.54, 1.807) is 22.3 Å². The van der Waals surface area contributed by atoms with E-state index in [1.165, 1.54) is 6.20 Å². The normalized spacial score (nSPS) is 14.4. The van der Waals surface area contributed by atoms with Crippen molar-refractivity contribution in [3.63, 3.8) is 0 Å². The van der Waals surface area contributed by atoms with Crippen molar-refractivity contribution in [2.24, 2.45) is 5.73 Å². The lowest BCUT2D eigenvalue weighted by atomic mass is 10.1. The number of rotatable bonds is 8. The van der Waals surface area contributed by atoms with Crippen LogP contribution in [0.15, 0.2) is 54.0 Å². The molecule has 0 saturated carbocycles. The maximum absolute atomic E-state index is 13.4. The zero-order chi connectivity index (χ0) is 24.1. The van der Waals surface area contributed by atoms with Crippen molar-refractivity contribution in [1.82, 2.24) is 4.98 Å². The number of pyridine rings is 1.